The highest BCUT2D eigenvalue weighted by Gasteiger charge is 2.25. The van der Waals surface area contributed by atoms with Gasteiger partial charge < -0.3 is 15.5 Å². The molecule has 1 saturated heterocycles. The van der Waals surface area contributed by atoms with Crippen molar-refractivity contribution in [2.75, 3.05) is 24.5 Å². The summed E-state index contributed by atoms with van der Waals surface area (Å²) in [6.07, 6.45) is 7.59. The van der Waals surface area contributed by atoms with Gasteiger partial charge in [0.1, 0.15) is 12.1 Å². The van der Waals surface area contributed by atoms with Crippen molar-refractivity contribution in [3.63, 3.8) is 0 Å². The molecule has 4 heterocycles. The van der Waals surface area contributed by atoms with Crippen LogP contribution in [0.3, 0.4) is 0 Å². The van der Waals surface area contributed by atoms with Gasteiger partial charge in [0.25, 0.3) is 5.91 Å². The molecule has 0 atom stereocenters. The molecule has 0 bridgehead atoms. The van der Waals surface area contributed by atoms with Gasteiger partial charge in [-0.05, 0) is 67.1 Å². The Morgan fingerprint density at radius 3 is 2.60 bits per heavy atom. The van der Waals surface area contributed by atoms with E-state index in [0.717, 1.165) is 72.4 Å². The van der Waals surface area contributed by atoms with Gasteiger partial charge in [0.05, 0.1) is 23.6 Å². The Morgan fingerprint density at radius 1 is 1.00 bits per heavy atom. The van der Waals surface area contributed by atoms with Crippen LogP contribution in [0.2, 0.25) is 0 Å². The second-order valence-electron chi connectivity index (χ2n) is 9.46. The second kappa shape index (κ2) is 8.74. The van der Waals surface area contributed by atoms with Gasteiger partial charge >= 0.3 is 0 Å². The summed E-state index contributed by atoms with van der Waals surface area (Å²) >= 11 is 0. The molecule has 0 aliphatic carbocycles. The Morgan fingerprint density at radius 2 is 1.80 bits per heavy atom. The Balaban J connectivity index is 1.32. The molecule has 35 heavy (non-hydrogen) atoms. The molecule has 2 N–H and O–H groups in total. The van der Waals surface area contributed by atoms with E-state index in [1.807, 2.05) is 30.0 Å². The van der Waals surface area contributed by atoms with Crippen molar-refractivity contribution >= 4 is 22.6 Å². The largest absolute Gasteiger partial charge is 0.351 e. The van der Waals surface area contributed by atoms with E-state index in [1.54, 1.807) is 23.5 Å². The van der Waals surface area contributed by atoms with Crippen LogP contribution in [0.4, 0.5) is 5.82 Å². The van der Waals surface area contributed by atoms with Crippen molar-refractivity contribution in [2.45, 2.75) is 38.8 Å². The molecule has 9 heteroatoms. The maximum absolute atomic E-state index is 13.1. The first-order chi connectivity index (χ1) is 17.1. The number of nitrogens with zero attached hydrogens (tertiary/aromatic N) is 7. The van der Waals surface area contributed by atoms with Gasteiger partial charge in [-0.25, -0.2) is 9.97 Å². The van der Waals surface area contributed by atoms with Crippen molar-refractivity contribution < 1.29 is 4.79 Å². The van der Waals surface area contributed by atoms with E-state index in [2.05, 4.69) is 37.2 Å². The Labute approximate surface area is 203 Å². The van der Waals surface area contributed by atoms with E-state index in [9.17, 15) is 4.79 Å². The first kappa shape index (κ1) is 21.7. The fourth-order valence-electron chi connectivity index (χ4n) is 5.19. The summed E-state index contributed by atoms with van der Waals surface area (Å²) in [5, 5.41) is 9.54. The molecule has 4 aromatic rings. The fourth-order valence-corrected chi connectivity index (χ4v) is 5.19. The monoisotopic (exact) mass is 468 g/mol. The van der Waals surface area contributed by atoms with Gasteiger partial charge in [0, 0.05) is 43.2 Å². The summed E-state index contributed by atoms with van der Waals surface area (Å²) in [5.74, 6) is 0.982. The number of aryl methyl sites for hydroxylation is 1. The number of carbonyl (C=O) groups is 1. The molecule has 9 nitrogen and oxygen atoms in total. The van der Waals surface area contributed by atoms with E-state index in [1.165, 1.54) is 11.1 Å². The van der Waals surface area contributed by atoms with E-state index in [-0.39, 0.29) is 11.9 Å². The summed E-state index contributed by atoms with van der Waals surface area (Å²) in [7, 11) is 0. The molecule has 0 spiro atoms. The molecule has 0 saturated carbocycles. The number of fused-ring (bicyclic) bond motifs is 2. The maximum Gasteiger partial charge on any atom is 0.253 e. The number of amides is 1. The van der Waals surface area contributed by atoms with Crippen LogP contribution in [0.5, 0.6) is 0 Å². The predicted molar refractivity (Wildman–Crippen MR) is 134 cm³/mol. The average Bonchev–Trinajstić information content (AvgIpc) is 3.43. The molecule has 1 amide bonds. The minimum Gasteiger partial charge on any atom is -0.351 e. The third kappa shape index (κ3) is 4.01. The summed E-state index contributed by atoms with van der Waals surface area (Å²) in [5.41, 5.74) is 12.1. The Hall–Kier alpha value is -3.85. The zero-order chi connectivity index (χ0) is 23.9. The molecular formula is C26H28N8O. The van der Waals surface area contributed by atoms with Crippen molar-refractivity contribution in [3.8, 4) is 5.69 Å². The normalized spacial score (nSPS) is 16.5. The number of carbonyl (C=O) groups excluding carboxylic acids is 1. The average molecular weight is 469 g/mol. The third-order valence-electron chi connectivity index (χ3n) is 7.13. The lowest BCUT2D eigenvalue weighted by atomic mass is 9.96. The van der Waals surface area contributed by atoms with Crippen molar-refractivity contribution in [3.05, 3.63) is 71.3 Å². The van der Waals surface area contributed by atoms with E-state index < -0.39 is 0 Å². The number of hydrogen-bond donors (Lipinski definition) is 1. The number of rotatable bonds is 3. The van der Waals surface area contributed by atoms with Gasteiger partial charge in [0.2, 0.25) is 0 Å². The van der Waals surface area contributed by atoms with Crippen LogP contribution in [0.1, 0.15) is 39.9 Å². The molecule has 2 aliphatic heterocycles. The number of nitrogens with two attached hydrogens (primary N) is 1. The zero-order valence-electron chi connectivity index (χ0n) is 19.8. The van der Waals surface area contributed by atoms with Crippen molar-refractivity contribution in [2.24, 2.45) is 5.73 Å². The summed E-state index contributed by atoms with van der Waals surface area (Å²) in [6, 6.07) is 10.4. The maximum atomic E-state index is 13.1. The van der Waals surface area contributed by atoms with E-state index in [0.29, 0.717) is 6.54 Å². The van der Waals surface area contributed by atoms with Gasteiger partial charge in [-0.1, -0.05) is 6.07 Å². The number of aromatic nitrogens is 5. The van der Waals surface area contributed by atoms with Gasteiger partial charge in [-0.2, -0.15) is 15.0 Å². The van der Waals surface area contributed by atoms with Crippen LogP contribution >= 0.6 is 0 Å². The van der Waals surface area contributed by atoms with Crippen molar-refractivity contribution in [1.82, 2.24) is 29.9 Å². The Bertz CT molecular complexity index is 1390. The molecule has 2 aromatic heterocycles. The molecule has 0 unspecified atom stereocenters. The lowest BCUT2D eigenvalue weighted by Gasteiger charge is -2.32. The lowest BCUT2D eigenvalue weighted by molar-refractivity contribution is 0.0714. The van der Waals surface area contributed by atoms with Crippen LogP contribution in [-0.4, -0.2) is 61.4 Å². The molecule has 0 radical (unpaired) electrons. The first-order valence-electron chi connectivity index (χ1n) is 12.1. The number of hydrogen-bond acceptors (Lipinski definition) is 7. The van der Waals surface area contributed by atoms with Gasteiger partial charge in [0.15, 0.2) is 0 Å². The molecule has 2 aliphatic rings. The number of benzene rings is 2. The highest BCUT2D eigenvalue weighted by atomic mass is 16.2. The minimum atomic E-state index is 0.0938. The summed E-state index contributed by atoms with van der Waals surface area (Å²) in [4.78, 5) is 28.2. The van der Waals surface area contributed by atoms with Gasteiger partial charge in [-0.15, -0.1) is 0 Å². The summed E-state index contributed by atoms with van der Waals surface area (Å²) in [6.45, 7) is 5.03. The molecular weight excluding hydrogens is 440 g/mol. The third-order valence-corrected chi connectivity index (χ3v) is 7.13. The van der Waals surface area contributed by atoms with Gasteiger partial charge in [-0.3, -0.25) is 4.79 Å². The van der Waals surface area contributed by atoms with Crippen LogP contribution in [0.15, 0.2) is 49.1 Å². The highest BCUT2D eigenvalue weighted by Crippen LogP contribution is 2.31. The smallest absolute Gasteiger partial charge is 0.253 e. The van der Waals surface area contributed by atoms with E-state index >= 15 is 0 Å². The molecule has 2 aromatic carbocycles. The van der Waals surface area contributed by atoms with Crippen molar-refractivity contribution in [1.29, 1.82) is 0 Å². The van der Waals surface area contributed by atoms with Crippen LogP contribution in [-0.2, 0) is 13.0 Å². The Kier molecular flexibility index (Phi) is 5.41. The topological polar surface area (TPSA) is 106 Å². The number of anilines is 1. The lowest BCUT2D eigenvalue weighted by Crippen LogP contribution is -2.43. The predicted octanol–water partition coefficient (Wildman–Crippen LogP) is 2.64. The quantitative estimate of drug-likeness (QED) is 0.493. The zero-order valence-corrected chi connectivity index (χ0v) is 19.8. The van der Waals surface area contributed by atoms with Crippen LogP contribution in [0.25, 0.3) is 16.6 Å². The molecule has 178 valence electrons. The summed E-state index contributed by atoms with van der Waals surface area (Å²) < 4.78 is 0. The first-order valence-corrected chi connectivity index (χ1v) is 12.1. The number of likely N-dealkylation sites (tertiary alicyclic amines) is 1. The molecule has 6 rings (SSSR count). The minimum absolute atomic E-state index is 0.0938. The second-order valence-corrected chi connectivity index (χ2v) is 9.46. The standard InChI is InChI=1S/C26H28N8O/c1-17-12-22(34-30-7-8-31-34)14-23-24(17)28-16-29-25(23)33-9-4-18-2-3-19(13-20(18)15-33)26(35)32-10-5-21(27)6-11-32/h2-3,7-8,12-14,16,21H,4-6,9-11,15,27H2,1H3. The SMILES string of the molecule is Cc1cc(-n2nccn2)cc2c(N3CCc4ccc(C(=O)N5CCC(N)CC5)cc4C3)ncnc12. The van der Waals surface area contributed by atoms with Crippen LogP contribution < -0.4 is 10.6 Å². The van der Waals surface area contributed by atoms with E-state index in [4.69, 9.17) is 5.73 Å². The van der Waals surface area contributed by atoms with Crippen LogP contribution in [0, 0.1) is 6.92 Å². The fraction of sp³-hybridized carbons (Fsp3) is 0.346. The molecule has 1 fully saturated rings. The number of piperidine rings is 1. The highest BCUT2D eigenvalue weighted by molar-refractivity contribution is 5.95.